The molecule has 2 amide bonds. The zero-order valence-electron chi connectivity index (χ0n) is 11.4. The molecule has 0 saturated carbocycles. The fraction of sp³-hybridized carbons (Fsp3) is 0.429. The molecule has 0 spiro atoms. The van der Waals surface area contributed by atoms with E-state index in [1.165, 1.54) is 0 Å². The highest BCUT2D eigenvalue weighted by molar-refractivity contribution is 6.34. The van der Waals surface area contributed by atoms with Gasteiger partial charge in [0.1, 0.15) is 5.75 Å². The van der Waals surface area contributed by atoms with E-state index in [0.29, 0.717) is 22.1 Å². The Bertz CT molecular complexity index is 585. The van der Waals surface area contributed by atoms with Crippen LogP contribution in [0.2, 0.25) is 5.02 Å². The summed E-state index contributed by atoms with van der Waals surface area (Å²) in [7, 11) is 0. The highest BCUT2D eigenvalue weighted by Crippen LogP contribution is 2.36. The van der Waals surface area contributed by atoms with Crippen molar-refractivity contribution in [3.63, 3.8) is 0 Å². The summed E-state index contributed by atoms with van der Waals surface area (Å²) in [6.07, 6.45) is 1.64. The van der Waals surface area contributed by atoms with Gasteiger partial charge >= 0.3 is 0 Å². The Morgan fingerprint density at radius 2 is 2.10 bits per heavy atom. The molecule has 1 aromatic carbocycles. The van der Waals surface area contributed by atoms with Crippen LogP contribution in [0.4, 0.5) is 11.4 Å². The van der Waals surface area contributed by atoms with E-state index in [2.05, 4.69) is 16.0 Å². The minimum absolute atomic E-state index is 0.000954. The van der Waals surface area contributed by atoms with Crippen molar-refractivity contribution in [3.05, 3.63) is 17.2 Å². The molecule has 0 aromatic heterocycles. The van der Waals surface area contributed by atoms with E-state index < -0.39 is 0 Å². The van der Waals surface area contributed by atoms with E-state index in [9.17, 15) is 9.59 Å². The largest absolute Gasteiger partial charge is 0.482 e. The molecule has 1 aromatic rings. The summed E-state index contributed by atoms with van der Waals surface area (Å²) in [4.78, 5) is 23.5. The predicted octanol–water partition coefficient (Wildman–Crippen LogP) is 1.61. The quantitative estimate of drug-likeness (QED) is 0.775. The molecule has 1 saturated heterocycles. The number of piperidine rings is 1. The van der Waals surface area contributed by atoms with E-state index in [-0.39, 0.29) is 24.3 Å². The second kappa shape index (κ2) is 5.91. The molecular formula is C14H16ClN3O3. The summed E-state index contributed by atoms with van der Waals surface area (Å²) in [6, 6.07) is 3.24. The number of benzene rings is 1. The van der Waals surface area contributed by atoms with Crippen molar-refractivity contribution in [3.8, 4) is 5.75 Å². The average Bonchev–Trinajstić information content (AvgIpc) is 2.49. The molecule has 0 radical (unpaired) electrons. The number of halogens is 1. The molecule has 3 rings (SSSR count). The maximum absolute atomic E-state index is 12.2. The molecule has 1 fully saturated rings. The third-order valence-corrected chi connectivity index (χ3v) is 3.98. The van der Waals surface area contributed by atoms with Gasteiger partial charge < -0.3 is 20.7 Å². The van der Waals surface area contributed by atoms with Crippen LogP contribution in [0.15, 0.2) is 12.1 Å². The number of nitrogens with one attached hydrogen (secondary N) is 3. The molecule has 6 nitrogen and oxygen atoms in total. The summed E-state index contributed by atoms with van der Waals surface area (Å²) in [5.41, 5.74) is 1.03. The molecule has 3 N–H and O–H groups in total. The van der Waals surface area contributed by atoms with Crippen LogP contribution in [0.5, 0.6) is 5.75 Å². The first-order chi connectivity index (χ1) is 10.1. The van der Waals surface area contributed by atoms with E-state index >= 15 is 0 Å². The molecule has 0 atom stereocenters. The van der Waals surface area contributed by atoms with Gasteiger partial charge in [-0.15, -0.1) is 0 Å². The topological polar surface area (TPSA) is 79.5 Å². The van der Waals surface area contributed by atoms with Crippen molar-refractivity contribution in [2.24, 2.45) is 5.92 Å². The highest BCUT2D eigenvalue weighted by Gasteiger charge is 2.23. The van der Waals surface area contributed by atoms with Gasteiger partial charge in [-0.25, -0.2) is 0 Å². The molecule has 21 heavy (non-hydrogen) atoms. The summed E-state index contributed by atoms with van der Waals surface area (Å²) >= 11 is 6.16. The van der Waals surface area contributed by atoms with E-state index in [1.54, 1.807) is 12.1 Å². The SMILES string of the molecule is O=C1COc2cc(NC(=O)C3CCNCC3)c(Cl)cc2N1. The third kappa shape index (κ3) is 3.11. The number of anilines is 2. The number of fused-ring (bicyclic) bond motifs is 1. The Morgan fingerprint density at radius 1 is 1.33 bits per heavy atom. The van der Waals surface area contributed by atoms with E-state index in [1.807, 2.05) is 0 Å². The molecule has 7 heteroatoms. The van der Waals surface area contributed by atoms with Gasteiger partial charge in [-0.3, -0.25) is 9.59 Å². The zero-order chi connectivity index (χ0) is 14.8. The fourth-order valence-corrected chi connectivity index (χ4v) is 2.73. The van der Waals surface area contributed by atoms with Crippen LogP contribution in [0.1, 0.15) is 12.8 Å². The maximum Gasteiger partial charge on any atom is 0.262 e. The number of carbonyl (C=O) groups is 2. The Kier molecular flexibility index (Phi) is 3.98. The van der Waals surface area contributed by atoms with Gasteiger partial charge in [-0.1, -0.05) is 11.6 Å². The number of hydrogen-bond acceptors (Lipinski definition) is 4. The number of hydrogen-bond donors (Lipinski definition) is 3. The van der Waals surface area contributed by atoms with E-state index in [4.69, 9.17) is 16.3 Å². The molecule has 0 bridgehead atoms. The van der Waals surface area contributed by atoms with Crippen LogP contribution < -0.4 is 20.7 Å². The van der Waals surface area contributed by atoms with Gasteiger partial charge in [0.2, 0.25) is 5.91 Å². The first kappa shape index (κ1) is 14.2. The van der Waals surface area contributed by atoms with Crippen molar-refractivity contribution < 1.29 is 14.3 Å². The molecule has 2 aliphatic heterocycles. The fourth-order valence-electron chi connectivity index (χ4n) is 2.51. The summed E-state index contributed by atoms with van der Waals surface area (Å²) < 4.78 is 5.33. The first-order valence-corrected chi connectivity index (χ1v) is 7.29. The number of carbonyl (C=O) groups excluding carboxylic acids is 2. The summed E-state index contributed by atoms with van der Waals surface area (Å²) in [5.74, 6) is 0.266. The molecule has 2 heterocycles. The van der Waals surface area contributed by atoms with E-state index in [0.717, 1.165) is 25.9 Å². The second-order valence-corrected chi connectivity index (χ2v) is 5.59. The van der Waals surface area contributed by atoms with Gasteiger partial charge in [0.05, 0.1) is 16.4 Å². The first-order valence-electron chi connectivity index (χ1n) is 6.91. The Balaban J connectivity index is 1.76. The van der Waals surface area contributed by atoms with Crippen molar-refractivity contribution in [2.45, 2.75) is 12.8 Å². The molecule has 112 valence electrons. The number of ether oxygens (including phenoxy) is 1. The minimum atomic E-state index is -0.218. The lowest BCUT2D eigenvalue weighted by Gasteiger charge is -2.23. The van der Waals surface area contributed by atoms with Crippen LogP contribution in [0.3, 0.4) is 0 Å². The molecule has 0 aliphatic carbocycles. The lowest BCUT2D eigenvalue weighted by atomic mass is 9.97. The van der Waals surface area contributed by atoms with Crippen molar-refractivity contribution in [2.75, 3.05) is 30.3 Å². The smallest absolute Gasteiger partial charge is 0.262 e. The lowest BCUT2D eigenvalue weighted by molar-refractivity contribution is -0.120. The van der Waals surface area contributed by atoms with Crippen molar-refractivity contribution in [1.29, 1.82) is 0 Å². The standard InChI is InChI=1S/C14H16ClN3O3/c15-9-5-11-12(21-7-13(19)17-11)6-10(9)18-14(20)8-1-3-16-4-2-8/h5-6,8,16H,1-4,7H2,(H,17,19)(H,18,20). The zero-order valence-corrected chi connectivity index (χ0v) is 12.1. The van der Waals surface area contributed by atoms with Gasteiger partial charge in [0.25, 0.3) is 5.91 Å². The lowest BCUT2D eigenvalue weighted by Crippen LogP contribution is -2.34. The van der Waals surface area contributed by atoms with Gasteiger partial charge in [0.15, 0.2) is 6.61 Å². The number of amides is 2. The maximum atomic E-state index is 12.2. The molecule has 0 unspecified atom stereocenters. The van der Waals surface area contributed by atoms with Crippen molar-refractivity contribution >= 4 is 34.8 Å². The second-order valence-electron chi connectivity index (χ2n) is 5.18. The van der Waals surface area contributed by atoms with Crippen LogP contribution in [0, 0.1) is 5.92 Å². The Morgan fingerprint density at radius 3 is 2.86 bits per heavy atom. The van der Waals surface area contributed by atoms with Crippen molar-refractivity contribution in [1.82, 2.24) is 5.32 Å². The Labute approximate surface area is 127 Å². The molecule has 2 aliphatic rings. The predicted molar refractivity (Wildman–Crippen MR) is 79.8 cm³/mol. The van der Waals surface area contributed by atoms with Gasteiger partial charge in [0, 0.05) is 12.0 Å². The normalized spacial score (nSPS) is 18.4. The minimum Gasteiger partial charge on any atom is -0.482 e. The van der Waals surface area contributed by atoms with Crippen LogP contribution >= 0.6 is 11.6 Å². The number of rotatable bonds is 2. The van der Waals surface area contributed by atoms with Crippen LogP contribution in [-0.4, -0.2) is 31.5 Å². The monoisotopic (exact) mass is 309 g/mol. The van der Waals surface area contributed by atoms with Crippen LogP contribution in [-0.2, 0) is 9.59 Å². The summed E-state index contributed by atoms with van der Waals surface area (Å²) in [5, 5.41) is 9.13. The highest BCUT2D eigenvalue weighted by atomic mass is 35.5. The average molecular weight is 310 g/mol. The third-order valence-electron chi connectivity index (χ3n) is 3.67. The summed E-state index contributed by atoms with van der Waals surface area (Å²) in [6.45, 7) is 1.67. The molecular weight excluding hydrogens is 294 g/mol. The van der Waals surface area contributed by atoms with Crippen LogP contribution in [0.25, 0.3) is 0 Å². The van der Waals surface area contributed by atoms with Gasteiger partial charge in [-0.2, -0.15) is 0 Å². The Hall–Kier alpha value is -1.79. The van der Waals surface area contributed by atoms with Gasteiger partial charge in [-0.05, 0) is 32.0 Å².